The van der Waals surface area contributed by atoms with Gasteiger partial charge in [0.05, 0.1) is 0 Å². The number of urea groups is 1. The van der Waals surface area contributed by atoms with Gasteiger partial charge in [0.2, 0.25) is 0 Å². The van der Waals surface area contributed by atoms with Gasteiger partial charge in [0, 0.05) is 6.54 Å². The first-order valence-electron chi connectivity index (χ1n) is 7.56. The van der Waals surface area contributed by atoms with Gasteiger partial charge in [-0.1, -0.05) is 0 Å². The van der Waals surface area contributed by atoms with Crippen LogP contribution in [0.1, 0.15) is 54.4 Å². The Kier molecular flexibility index (Phi) is 7.85. The maximum atomic E-state index is 12.2. The fourth-order valence-corrected chi connectivity index (χ4v) is 1.59. The number of rotatable bonds is 6. The summed E-state index contributed by atoms with van der Waals surface area (Å²) in [5, 5.41) is 4.93. The molecular weight excluding hydrogens is 302 g/mol. The summed E-state index contributed by atoms with van der Waals surface area (Å²) in [5.74, 6) is -0.553. The number of hydrogen-bond donors (Lipinski definition) is 3. The fourth-order valence-electron chi connectivity index (χ4n) is 1.59. The molecule has 0 aromatic carbocycles. The molecular formula is C15H29N3O5. The highest BCUT2D eigenvalue weighted by molar-refractivity contribution is 5.81. The first-order chi connectivity index (χ1) is 10.3. The normalized spacial score (nSPS) is 13.0. The summed E-state index contributed by atoms with van der Waals surface area (Å²) < 4.78 is 10.4. The van der Waals surface area contributed by atoms with E-state index in [0.717, 1.165) is 0 Å². The third kappa shape index (κ3) is 12.3. The number of nitrogens with one attached hydrogen (secondary N) is 2. The number of hydrogen-bond acceptors (Lipinski definition) is 5. The standard InChI is InChI=1S/C15H29N3O5/c1-14(2,3)22-11(19)10(8-7-9-17-12(16)20)18-13(21)23-15(4,5)6/h10H,7-9H2,1-6H3,(H,18,21)(H3,16,17,20)/t10-/m0/s1. The van der Waals surface area contributed by atoms with Crippen LogP contribution in [0.4, 0.5) is 9.59 Å². The van der Waals surface area contributed by atoms with Crippen LogP contribution in [0.5, 0.6) is 0 Å². The van der Waals surface area contributed by atoms with Crippen LogP contribution in [0.15, 0.2) is 0 Å². The van der Waals surface area contributed by atoms with E-state index in [-0.39, 0.29) is 6.42 Å². The monoisotopic (exact) mass is 331 g/mol. The molecule has 0 aliphatic rings. The molecule has 0 aliphatic heterocycles. The minimum Gasteiger partial charge on any atom is -0.458 e. The van der Waals surface area contributed by atoms with Gasteiger partial charge in [0.15, 0.2) is 0 Å². The Morgan fingerprint density at radius 2 is 1.52 bits per heavy atom. The summed E-state index contributed by atoms with van der Waals surface area (Å²) in [4.78, 5) is 34.7. The van der Waals surface area contributed by atoms with Gasteiger partial charge in [-0.05, 0) is 54.4 Å². The molecule has 134 valence electrons. The number of carbonyl (C=O) groups excluding carboxylic acids is 3. The van der Waals surface area contributed by atoms with Crippen molar-refractivity contribution < 1.29 is 23.9 Å². The van der Waals surface area contributed by atoms with Crippen LogP contribution in [-0.2, 0) is 14.3 Å². The van der Waals surface area contributed by atoms with Crippen LogP contribution in [0.2, 0.25) is 0 Å². The molecule has 0 heterocycles. The number of alkyl carbamates (subject to hydrolysis) is 1. The highest BCUT2D eigenvalue weighted by Gasteiger charge is 2.28. The molecule has 4 N–H and O–H groups in total. The Balaban J connectivity index is 4.69. The molecule has 0 spiro atoms. The number of carbonyl (C=O) groups is 3. The number of amides is 3. The van der Waals surface area contributed by atoms with E-state index in [4.69, 9.17) is 15.2 Å². The van der Waals surface area contributed by atoms with Crippen LogP contribution in [0, 0.1) is 0 Å². The second kappa shape index (κ2) is 8.59. The van der Waals surface area contributed by atoms with Crippen LogP contribution in [0.3, 0.4) is 0 Å². The summed E-state index contributed by atoms with van der Waals surface area (Å²) >= 11 is 0. The van der Waals surface area contributed by atoms with Crippen LogP contribution in [0.25, 0.3) is 0 Å². The molecule has 0 aromatic heterocycles. The Morgan fingerprint density at radius 1 is 1.00 bits per heavy atom. The molecule has 0 aromatic rings. The molecule has 3 amide bonds. The lowest BCUT2D eigenvalue weighted by atomic mass is 10.1. The second-order valence-corrected chi connectivity index (χ2v) is 7.17. The second-order valence-electron chi connectivity index (χ2n) is 7.17. The minimum absolute atomic E-state index is 0.286. The van der Waals surface area contributed by atoms with Crippen molar-refractivity contribution in [3.63, 3.8) is 0 Å². The average Bonchev–Trinajstić information content (AvgIpc) is 2.27. The van der Waals surface area contributed by atoms with Gasteiger partial charge < -0.3 is 25.8 Å². The number of primary amides is 1. The van der Waals surface area contributed by atoms with E-state index >= 15 is 0 Å². The molecule has 1 atom stereocenters. The third-order valence-corrected chi connectivity index (χ3v) is 2.35. The zero-order valence-corrected chi connectivity index (χ0v) is 14.8. The van der Waals surface area contributed by atoms with E-state index in [1.54, 1.807) is 41.5 Å². The Hall–Kier alpha value is -1.99. The average molecular weight is 331 g/mol. The van der Waals surface area contributed by atoms with Crippen molar-refractivity contribution >= 4 is 18.1 Å². The predicted molar refractivity (Wildman–Crippen MR) is 85.8 cm³/mol. The molecule has 8 heteroatoms. The zero-order valence-electron chi connectivity index (χ0n) is 14.8. The number of nitrogens with two attached hydrogens (primary N) is 1. The minimum atomic E-state index is -0.862. The van der Waals surface area contributed by atoms with Crippen molar-refractivity contribution in [3.05, 3.63) is 0 Å². The molecule has 0 aliphatic carbocycles. The highest BCUT2D eigenvalue weighted by Crippen LogP contribution is 2.12. The van der Waals surface area contributed by atoms with Gasteiger partial charge in [-0.2, -0.15) is 0 Å². The van der Waals surface area contributed by atoms with Gasteiger partial charge in [0.25, 0.3) is 0 Å². The first kappa shape index (κ1) is 21.0. The van der Waals surface area contributed by atoms with Crippen molar-refractivity contribution in [2.45, 2.75) is 71.6 Å². The van der Waals surface area contributed by atoms with Crippen LogP contribution < -0.4 is 16.4 Å². The summed E-state index contributed by atoms with van der Waals surface area (Å²) in [6, 6.07) is -1.50. The molecule has 0 rings (SSSR count). The van der Waals surface area contributed by atoms with Crippen molar-refractivity contribution in [1.29, 1.82) is 0 Å². The molecule has 0 saturated carbocycles. The van der Waals surface area contributed by atoms with Gasteiger partial charge in [-0.25, -0.2) is 14.4 Å². The summed E-state index contributed by atoms with van der Waals surface area (Å²) in [6.07, 6.45) is 0.0353. The Bertz CT molecular complexity index is 424. The third-order valence-electron chi connectivity index (χ3n) is 2.35. The smallest absolute Gasteiger partial charge is 0.408 e. The molecule has 0 saturated heterocycles. The van der Waals surface area contributed by atoms with E-state index in [9.17, 15) is 14.4 Å². The SMILES string of the molecule is CC(C)(C)OC(=O)N[C@@H](CCCNC(N)=O)C(=O)OC(C)(C)C. The summed E-state index contributed by atoms with van der Waals surface area (Å²) in [6.45, 7) is 10.7. The summed E-state index contributed by atoms with van der Waals surface area (Å²) in [5.41, 5.74) is 3.63. The number of ether oxygens (including phenoxy) is 2. The highest BCUT2D eigenvalue weighted by atomic mass is 16.6. The van der Waals surface area contributed by atoms with Gasteiger partial charge in [-0.3, -0.25) is 0 Å². The quantitative estimate of drug-likeness (QED) is 0.505. The fraction of sp³-hybridized carbons (Fsp3) is 0.800. The Labute approximate surface area is 137 Å². The molecule has 0 fully saturated rings. The van der Waals surface area contributed by atoms with E-state index in [2.05, 4.69) is 10.6 Å². The zero-order chi connectivity index (χ0) is 18.3. The van der Waals surface area contributed by atoms with Gasteiger partial charge >= 0.3 is 18.1 Å². The van der Waals surface area contributed by atoms with Crippen LogP contribution >= 0.6 is 0 Å². The first-order valence-corrected chi connectivity index (χ1v) is 7.56. The molecule has 0 radical (unpaired) electrons. The number of esters is 1. The van der Waals surface area contributed by atoms with E-state index in [1.807, 2.05) is 0 Å². The molecule has 8 nitrogen and oxygen atoms in total. The van der Waals surface area contributed by atoms with Gasteiger partial charge in [-0.15, -0.1) is 0 Å². The van der Waals surface area contributed by atoms with Gasteiger partial charge in [0.1, 0.15) is 17.2 Å². The predicted octanol–water partition coefficient (Wildman–Crippen LogP) is 1.67. The van der Waals surface area contributed by atoms with Crippen molar-refractivity contribution in [2.75, 3.05) is 6.54 Å². The largest absolute Gasteiger partial charge is 0.458 e. The Morgan fingerprint density at radius 3 is 1.96 bits per heavy atom. The molecule has 0 bridgehead atoms. The maximum absolute atomic E-state index is 12.2. The molecule has 23 heavy (non-hydrogen) atoms. The topological polar surface area (TPSA) is 120 Å². The lowest BCUT2D eigenvalue weighted by Gasteiger charge is -2.26. The van der Waals surface area contributed by atoms with Crippen molar-refractivity contribution in [1.82, 2.24) is 10.6 Å². The van der Waals surface area contributed by atoms with Crippen molar-refractivity contribution in [2.24, 2.45) is 5.73 Å². The van der Waals surface area contributed by atoms with E-state index < -0.39 is 35.3 Å². The lowest BCUT2D eigenvalue weighted by molar-refractivity contribution is -0.157. The van der Waals surface area contributed by atoms with Crippen molar-refractivity contribution in [3.8, 4) is 0 Å². The molecule has 0 unspecified atom stereocenters. The maximum Gasteiger partial charge on any atom is 0.408 e. The van der Waals surface area contributed by atoms with Crippen LogP contribution in [-0.4, -0.2) is 41.9 Å². The van der Waals surface area contributed by atoms with E-state index in [1.165, 1.54) is 0 Å². The summed E-state index contributed by atoms with van der Waals surface area (Å²) in [7, 11) is 0. The van der Waals surface area contributed by atoms with E-state index in [0.29, 0.717) is 13.0 Å². The lowest BCUT2D eigenvalue weighted by Crippen LogP contribution is -2.46.